The summed E-state index contributed by atoms with van der Waals surface area (Å²) in [5.74, 6) is 0.571. The molecule has 1 aliphatic rings. The highest BCUT2D eigenvalue weighted by molar-refractivity contribution is 6.04. The molecule has 1 atom stereocenters. The molecule has 0 spiro atoms. The lowest BCUT2D eigenvalue weighted by Gasteiger charge is -2.31. The number of likely N-dealkylation sites (tertiary alicyclic amines) is 1. The van der Waals surface area contributed by atoms with E-state index in [9.17, 15) is 9.59 Å². The van der Waals surface area contributed by atoms with Gasteiger partial charge in [0.05, 0.1) is 20.1 Å². The third-order valence-corrected chi connectivity index (χ3v) is 5.17. The summed E-state index contributed by atoms with van der Waals surface area (Å²) in [7, 11) is 3.09. The highest BCUT2D eigenvalue weighted by atomic mass is 16.5. The molecule has 0 bridgehead atoms. The van der Waals surface area contributed by atoms with Crippen molar-refractivity contribution in [3.8, 4) is 11.5 Å². The van der Waals surface area contributed by atoms with Gasteiger partial charge in [-0.3, -0.25) is 14.5 Å². The minimum absolute atomic E-state index is 0.0659. The van der Waals surface area contributed by atoms with E-state index in [1.807, 2.05) is 24.3 Å². The Morgan fingerprint density at radius 1 is 1.10 bits per heavy atom. The summed E-state index contributed by atoms with van der Waals surface area (Å²) in [5, 5.41) is 2.89. The number of carbonyl (C=O) groups excluding carboxylic acids is 2. The Morgan fingerprint density at radius 3 is 2.48 bits per heavy atom. The molecule has 2 aromatic carbocycles. The van der Waals surface area contributed by atoms with E-state index in [0.717, 1.165) is 31.5 Å². The molecule has 1 aliphatic heterocycles. The number of nitrogens with one attached hydrogen (secondary N) is 1. The molecule has 2 aromatic rings. The van der Waals surface area contributed by atoms with Crippen molar-refractivity contribution < 1.29 is 19.1 Å². The van der Waals surface area contributed by atoms with Gasteiger partial charge in [0.1, 0.15) is 0 Å². The SMILES string of the molecule is COc1ccc(C(=O)Nc2ccc(CN3CCCC(C(N)=O)C3)cc2)cc1OC. The van der Waals surface area contributed by atoms with Crippen LogP contribution in [0.15, 0.2) is 42.5 Å². The van der Waals surface area contributed by atoms with E-state index in [-0.39, 0.29) is 17.7 Å². The van der Waals surface area contributed by atoms with Crippen LogP contribution in [-0.2, 0) is 11.3 Å². The first kappa shape index (κ1) is 20.7. The van der Waals surface area contributed by atoms with Gasteiger partial charge in [0.25, 0.3) is 5.91 Å². The summed E-state index contributed by atoms with van der Waals surface area (Å²) in [6.07, 6.45) is 1.85. The predicted molar refractivity (Wildman–Crippen MR) is 111 cm³/mol. The Hall–Kier alpha value is -3.06. The average Bonchev–Trinajstić information content (AvgIpc) is 2.74. The molecule has 0 saturated carbocycles. The quantitative estimate of drug-likeness (QED) is 0.749. The van der Waals surface area contributed by atoms with Crippen LogP contribution in [0, 0.1) is 5.92 Å². The number of primary amides is 1. The lowest BCUT2D eigenvalue weighted by Crippen LogP contribution is -2.40. The van der Waals surface area contributed by atoms with E-state index in [1.54, 1.807) is 25.3 Å². The second kappa shape index (κ2) is 9.43. The van der Waals surface area contributed by atoms with Gasteiger partial charge < -0.3 is 20.5 Å². The molecule has 0 aliphatic carbocycles. The largest absolute Gasteiger partial charge is 0.493 e. The van der Waals surface area contributed by atoms with Crippen molar-refractivity contribution in [3.63, 3.8) is 0 Å². The van der Waals surface area contributed by atoms with Crippen LogP contribution in [0.5, 0.6) is 11.5 Å². The van der Waals surface area contributed by atoms with Crippen LogP contribution in [0.2, 0.25) is 0 Å². The van der Waals surface area contributed by atoms with Crippen molar-refractivity contribution in [2.24, 2.45) is 11.7 Å². The summed E-state index contributed by atoms with van der Waals surface area (Å²) >= 11 is 0. The minimum atomic E-state index is -0.223. The third kappa shape index (κ3) is 5.26. The smallest absolute Gasteiger partial charge is 0.255 e. The van der Waals surface area contributed by atoms with Gasteiger partial charge in [0.2, 0.25) is 5.91 Å². The second-order valence-electron chi connectivity index (χ2n) is 7.20. The number of anilines is 1. The van der Waals surface area contributed by atoms with E-state index < -0.39 is 0 Å². The van der Waals surface area contributed by atoms with Gasteiger partial charge >= 0.3 is 0 Å². The molecule has 3 rings (SSSR count). The van der Waals surface area contributed by atoms with Crippen molar-refractivity contribution in [3.05, 3.63) is 53.6 Å². The van der Waals surface area contributed by atoms with Crippen LogP contribution in [0.1, 0.15) is 28.8 Å². The first-order valence-corrected chi connectivity index (χ1v) is 9.64. The first-order chi connectivity index (χ1) is 14.0. The van der Waals surface area contributed by atoms with Gasteiger partial charge in [0.15, 0.2) is 11.5 Å². The molecule has 1 unspecified atom stereocenters. The number of nitrogens with zero attached hydrogens (tertiary/aromatic N) is 1. The highest BCUT2D eigenvalue weighted by Gasteiger charge is 2.23. The van der Waals surface area contributed by atoms with Crippen molar-refractivity contribution in [1.29, 1.82) is 0 Å². The monoisotopic (exact) mass is 397 g/mol. The van der Waals surface area contributed by atoms with Gasteiger partial charge in [-0.15, -0.1) is 0 Å². The Balaban J connectivity index is 1.60. The minimum Gasteiger partial charge on any atom is -0.493 e. The Kier molecular flexibility index (Phi) is 6.72. The zero-order valence-corrected chi connectivity index (χ0v) is 16.8. The number of carbonyl (C=O) groups is 2. The maximum absolute atomic E-state index is 12.5. The first-order valence-electron chi connectivity index (χ1n) is 9.64. The molecule has 3 N–H and O–H groups in total. The van der Waals surface area contributed by atoms with Crippen molar-refractivity contribution in [2.45, 2.75) is 19.4 Å². The number of amides is 2. The lowest BCUT2D eigenvalue weighted by molar-refractivity contribution is -0.123. The lowest BCUT2D eigenvalue weighted by atomic mass is 9.97. The number of piperidine rings is 1. The summed E-state index contributed by atoms with van der Waals surface area (Å²) in [6.45, 7) is 2.42. The number of nitrogens with two attached hydrogens (primary N) is 1. The van der Waals surface area contributed by atoms with Gasteiger partial charge in [-0.25, -0.2) is 0 Å². The van der Waals surface area contributed by atoms with Crippen LogP contribution in [0.25, 0.3) is 0 Å². The molecule has 29 heavy (non-hydrogen) atoms. The molecule has 0 aromatic heterocycles. The van der Waals surface area contributed by atoms with Crippen molar-refractivity contribution >= 4 is 17.5 Å². The highest BCUT2D eigenvalue weighted by Crippen LogP contribution is 2.28. The number of benzene rings is 2. The summed E-state index contributed by atoms with van der Waals surface area (Å²) in [6, 6.07) is 12.8. The maximum Gasteiger partial charge on any atom is 0.255 e. The van der Waals surface area contributed by atoms with Crippen LogP contribution >= 0.6 is 0 Å². The molecule has 1 fully saturated rings. The van der Waals surface area contributed by atoms with E-state index in [1.165, 1.54) is 7.11 Å². The molecule has 0 radical (unpaired) electrons. The fourth-order valence-corrected chi connectivity index (χ4v) is 3.56. The second-order valence-corrected chi connectivity index (χ2v) is 7.20. The summed E-state index contributed by atoms with van der Waals surface area (Å²) < 4.78 is 10.4. The third-order valence-electron chi connectivity index (χ3n) is 5.17. The normalized spacial score (nSPS) is 16.8. The Bertz CT molecular complexity index is 867. The maximum atomic E-state index is 12.5. The van der Waals surface area contributed by atoms with Crippen LogP contribution in [0.4, 0.5) is 5.69 Å². The summed E-state index contributed by atoms with van der Waals surface area (Å²) in [4.78, 5) is 26.2. The standard InChI is InChI=1S/C22H27N3O4/c1-28-19-10-7-16(12-20(19)29-2)22(27)24-18-8-5-15(6-9-18)13-25-11-3-4-17(14-25)21(23)26/h5-10,12,17H,3-4,11,13-14H2,1-2H3,(H2,23,26)(H,24,27). The van der Waals surface area contributed by atoms with E-state index in [2.05, 4.69) is 10.2 Å². The number of rotatable bonds is 7. The fraction of sp³-hybridized carbons (Fsp3) is 0.364. The molecule has 154 valence electrons. The molecule has 7 nitrogen and oxygen atoms in total. The van der Waals surface area contributed by atoms with Crippen LogP contribution < -0.4 is 20.5 Å². The van der Waals surface area contributed by atoms with Gasteiger partial charge in [0, 0.05) is 24.3 Å². The van der Waals surface area contributed by atoms with E-state index in [4.69, 9.17) is 15.2 Å². The van der Waals surface area contributed by atoms with Gasteiger partial charge in [-0.2, -0.15) is 0 Å². The predicted octanol–water partition coefficient (Wildman–Crippen LogP) is 2.65. The number of hydrogen-bond donors (Lipinski definition) is 2. The average molecular weight is 397 g/mol. The van der Waals surface area contributed by atoms with Crippen molar-refractivity contribution in [1.82, 2.24) is 4.90 Å². The number of ether oxygens (including phenoxy) is 2. The molecular weight excluding hydrogens is 370 g/mol. The Morgan fingerprint density at radius 2 is 1.83 bits per heavy atom. The zero-order chi connectivity index (χ0) is 20.8. The molecule has 1 heterocycles. The number of methoxy groups -OCH3 is 2. The molecular formula is C22H27N3O4. The Labute approximate surface area is 170 Å². The number of hydrogen-bond acceptors (Lipinski definition) is 5. The molecule has 1 saturated heterocycles. The van der Waals surface area contributed by atoms with Gasteiger partial charge in [-0.1, -0.05) is 12.1 Å². The van der Waals surface area contributed by atoms with E-state index >= 15 is 0 Å². The fourth-order valence-electron chi connectivity index (χ4n) is 3.56. The molecule has 2 amide bonds. The topological polar surface area (TPSA) is 93.9 Å². The van der Waals surface area contributed by atoms with Crippen LogP contribution in [0.3, 0.4) is 0 Å². The summed E-state index contributed by atoms with van der Waals surface area (Å²) in [5.41, 5.74) is 7.77. The molecule has 7 heteroatoms. The van der Waals surface area contributed by atoms with Crippen LogP contribution in [-0.4, -0.2) is 44.0 Å². The van der Waals surface area contributed by atoms with Gasteiger partial charge in [-0.05, 0) is 55.3 Å². The van der Waals surface area contributed by atoms with Crippen molar-refractivity contribution in [2.75, 3.05) is 32.6 Å². The van der Waals surface area contributed by atoms with E-state index in [0.29, 0.717) is 29.3 Å². The zero-order valence-electron chi connectivity index (χ0n) is 16.8.